The van der Waals surface area contributed by atoms with E-state index in [9.17, 15) is 9.59 Å². The quantitative estimate of drug-likeness (QED) is 0.611. The van der Waals surface area contributed by atoms with E-state index in [1.165, 1.54) is 26.0 Å². The summed E-state index contributed by atoms with van der Waals surface area (Å²) in [5.74, 6) is -0.358. The van der Waals surface area contributed by atoms with Crippen molar-refractivity contribution in [2.45, 2.75) is 26.6 Å². The van der Waals surface area contributed by atoms with Gasteiger partial charge in [-0.1, -0.05) is 6.92 Å². The summed E-state index contributed by atoms with van der Waals surface area (Å²) < 4.78 is 9.99. The lowest BCUT2D eigenvalue weighted by Crippen LogP contribution is -2.44. The third-order valence-electron chi connectivity index (χ3n) is 2.25. The van der Waals surface area contributed by atoms with Gasteiger partial charge in [-0.15, -0.1) is 0 Å². The maximum Gasteiger partial charge on any atom is 0.239 e. The lowest BCUT2D eigenvalue weighted by molar-refractivity contribution is -0.147. The minimum absolute atomic E-state index is 0.0263. The van der Waals surface area contributed by atoms with Gasteiger partial charge in [0, 0.05) is 27.7 Å². The number of hydrogen-bond donors (Lipinski definition) is 1. The normalized spacial score (nSPS) is 10.4. The maximum absolute atomic E-state index is 11.5. The Hall–Kier alpha value is -1.14. The van der Waals surface area contributed by atoms with Gasteiger partial charge in [0.1, 0.15) is 0 Å². The van der Waals surface area contributed by atoms with Crippen LogP contribution in [0.4, 0.5) is 0 Å². The van der Waals surface area contributed by atoms with Gasteiger partial charge in [0.15, 0.2) is 6.29 Å². The van der Waals surface area contributed by atoms with Gasteiger partial charge >= 0.3 is 0 Å². The highest BCUT2D eigenvalue weighted by atomic mass is 16.7. The van der Waals surface area contributed by atoms with Gasteiger partial charge in [-0.25, -0.2) is 0 Å². The van der Waals surface area contributed by atoms with E-state index in [2.05, 4.69) is 5.32 Å². The highest BCUT2D eigenvalue weighted by Gasteiger charge is 2.18. The van der Waals surface area contributed by atoms with Crippen molar-refractivity contribution in [2.24, 2.45) is 0 Å². The average Bonchev–Trinajstić information content (AvgIpc) is 2.31. The Labute approximate surface area is 102 Å². The highest BCUT2D eigenvalue weighted by Crippen LogP contribution is 1.98. The van der Waals surface area contributed by atoms with E-state index < -0.39 is 6.29 Å². The summed E-state index contributed by atoms with van der Waals surface area (Å²) in [5, 5.41) is 2.71. The maximum atomic E-state index is 11.5. The van der Waals surface area contributed by atoms with Crippen LogP contribution in [-0.4, -0.2) is 56.9 Å². The molecule has 100 valence electrons. The van der Waals surface area contributed by atoms with Crippen LogP contribution in [-0.2, 0) is 19.1 Å². The molecule has 0 aromatic carbocycles. The van der Waals surface area contributed by atoms with Crippen molar-refractivity contribution < 1.29 is 19.1 Å². The van der Waals surface area contributed by atoms with Crippen molar-refractivity contribution >= 4 is 11.8 Å². The van der Waals surface area contributed by atoms with Crippen molar-refractivity contribution in [1.29, 1.82) is 0 Å². The molecule has 0 atom stereocenters. The second-order valence-corrected chi connectivity index (χ2v) is 3.65. The highest BCUT2D eigenvalue weighted by molar-refractivity contribution is 5.83. The van der Waals surface area contributed by atoms with E-state index in [4.69, 9.17) is 9.47 Å². The van der Waals surface area contributed by atoms with E-state index in [1.54, 1.807) is 0 Å². The zero-order valence-electron chi connectivity index (χ0n) is 11.0. The van der Waals surface area contributed by atoms with Crippen molar-refractivity contribution in [3.05, 3.63) is 0 Å². The number of ether oxygens (including phenoxy) is 2. The molecule has 2 amide bonds. The molecule has 0 bridgehead atoms. The Morgan fingerprint density at radius 3 is 2.29 bits per heavy atom. The molecular weight excluding hydrogens is 224 g/mol. The molecule has 0 saturated carbocycles. The number of methoxy groups -OCH3 is 2. The molecule has 0 aromatic heterocycles. The summed E-state index contributed by atoms with van der Waals surface area (Å²) in [4.78, 5) is 24.2. The molecule has 17 heavy (non-hydrogen) atoms. The molecule has 0 fully saturated rings. The Kier molecular flexibility index (Phi) is 8.35. The number of hydrogen-bond acceptors (Lipinski definition) is 4. The van der Waals surface area contributed by atoms with Crippen molar-refractivity contribution in [3.8, 4) is 0 Å². The number of rotatable bonds is 8. The summed E-state index contributed by atoms with van der Waals surface area (Å²) in [6.45, 7) is 4.26. The summed E-state index contributed by atoms with van der Waals surface area (Å²) in [5.41, 5.74) is 0. The van der Waals surface area contributed by atoms with Gasteiger partial charge in [0.2, 0.25) is 11.8 Å². The molecular formula is C11H22N2O4. The van der Waals surface area contributed by atoms with Crippen LogP contribution in [0, 0.1) is 0 Å². The first-order valence-corrected chi connectivity index (χ1v) is 5.62. The minimum Gasteiger partial charge on any atom is -0.355 e. The zero-order chi connectivity index (χ0) is 13.3. The summed E-state index contributed by atoms with van der Waals surface area (Å²) in [6.07, 6.45) is 0.350. The SMILES string of the molecule is CCCNC(=O)CN(CC(OC)OC)C(C)=O. The standard InChI is InChI=1S/C11H22N2O4/c1-5-6-12-10(15)7-13(9(2)14)8-11(16-3)17-4/h11H,5-8H2,1-4H3,(H,12,15). The van der Waals surface area contributed by atoms with Crippen LogP contribution in [0.25, 0.3) is 0 Å². The summed E-state index contributed by atoms with van der Waals surface area (Å²) >= 11 is 0. The predicted molar refractivity (Wildman–Crippen MR) is 63.4 cm³/mol. The van der Waals surface area contributed by atoms with Crippen LogP contribution in [0.3, 0.4) is 0 Å². The molecule has 0 aromatic rings. The lowest BCUT2D eigenvalue weighted by Gasteiger charge is -2.24. The van der Waals surface area contributed by atoms with Gasteiger partial charge in [-0.05, 0) is 6.42 Å². The molecule has 0 radical (unpaired) electrons. The average molecular weight is 246 g/mol. The lowest BCUT2D eigenvalue weighted by atomic mass is 10.4. The van der Waals surface area contributed by atoms with Crippen LogP contribution in [0.1, 0.15) is 20.3 Å². The van der Waals surface area contributed by atoms with E-state index in [0.29, 0.717) is 6.54 Å². The van der Waals surface area contributed by atoms with E-state index in [1.807, 2.05) is 6.92 Å². The van der Waals surface area contributed by atoms with E-state index >= 15 is 0 Å². The molecule has 0 saturated heterocycles. The Balaban J connectivity index is 4.23. The van der Waals surface area contributed by atoms with Crippen LogP contribution in [0.2, 0.25) is 0 Å². The van der Waals surface area contributed by atoms with Crippen molar-refractivity contribution in [2.75, 3.05) is 33.9 Å². The fourth-order valence-corrected chi connectivity index (χ4v) is 1.22. The first-order chi connectivity index (χ1) is 8.04. The summed E-state index contributed by atoms with van der Waals surface area (Å²) in [7, 11) is 2.98. The molecule has 0 unspecified atom stereocenters. The molecule has 0 aliphatic heterocycles. The number of carbonyl (C=O) groups excluding carboxylic acids is 2. The number of amides is 2. The first-order valence-electron chi connectivity index (χ1n) is 5.62. The molecule has 0 aliphatic carbocycles. The van der Waals surface area contributed by atoms with Crippen molar-refractivity contribution in [1.82, 2.24) is 10.2 Å². The molecule has 0 heterocycles. The van der Waals surface area contributed by atoms with Crippen LogP contribution < -0.4 is 5.32 Å². The van der Waals surface area contributed by atoms with Gasteiger partial charge in [-0.2, -0.15) is 0 Å². The van der Waals surface area contributed by atoms with Gasteiger partial charge in [0.05, 0.1) is 13.1 Å². The van der Waals surface area contributed by atoms with Crippen LogP contribution in [0.15, 0.2) is 0 Å². The molecule has 6 heteroatoms. The first kappa shape index (κ1) is 15.9. The Morgan fingerprint density at radius 1 is 1.29 bits per heavy atom. The molecule has 1 N–H and O–H groups in total. The Bertz CT molecular complexity index is 242. The molecule has 0 rings (SSSR count). The number of nitrogens with one attached hydrogen (secondary N) is 1. The zero-order valence-corrected chi connectivity index (χ0v) is 11.0. The monoisotopic (exact) mass is 246 g/mol. The molecule has 6 nitrogen and oxygen atoms in total. The second kappa shape index (κ2) is 8.95. The topological polar surface area (TPSA) is 67.9 Å². The van der Waals surface area contributed by atoms with Crippen LogP contribution in [0.5, 0.6) is 0 Å². The summed E-state index contributed by atoms with van der Waals surface area (Å²) in [6, 6.07) is 0. The van der Waals surface area contributed by atoms with E-state index in [0.717, 1.165) is 6.42 Å². The molecule has 0 aliphatic rings. The van der Waals surface area contributed by atoms with Gasteiger partial charge in [-0.3, -0.25) is 9.59 Å². The third-order valence-corrected chi connectivity index (χ3v) is 2.25. The van der Waals surface area contributed by atoms with Gasteiger partial charge < -0.3 is 19.7 Å². The van der Waals surface area contributed by atoms with Crippen molar-refractivity contribution in [3.63, 3.8) is 0 Å². The van der Waals surface area contributed by atoms with Crippen LogP contribution >= 0.6 is 0 Å². The van der Waals surface area contributed by atoms with E-state index in [-0.39, 0.29) is 24.9 Å². The predicted octanol–water partition coefficient (Wildman–Crippen LogP) is -0.0200. The smallest absolute Gasteiger partial charge is 0.239 e. The number of carbonyl (C=O) groups is 2. The largest absolute Gasteiger partial charge is 0.355 e. The fourth-order valence-electron chi connectivity index (χ4n) is 1.22. The minimum atomic E-state index is -0.516. The molecule has 0 spiro atoms. The Morgan fingerprint density at radius 2 is 1.88 bits per heavy atom. The fraction of sp³-hybridized carbons (Fsp3) is 0.818. The number of nitrogens with zero attached hydrogens (tertiary/aromatic N) is 1. The van der Waals surface area contributed by atoms with Gasteiger partial charge in [0.25, 0.3) is 0 Å². The third kappa shape index (κ3) is 6.91. The second-order valence-electron chi connectivity index (χ2n) is 3.65.